The second-order valence-electron chi connectivity index (χ2n) is 4.55. The lowest BCUT2D eigenvalue weighted by Gasteiger charge is -2.06. The minimum atomic E-state index is -0.193. The van der Waals surface area contributed by atoms with Crippen LogP contribution in [0.5, 0.6) is 0 Å². The Kier molecular flexibility index (Phi) is 4.34. The molecule has 0 spiro atoms. The van der Waals surface area contributed by atoms with Gasteiger partial charge in [-0.05, 0) is 24.5 Å². The molecule has 106 valence electrons. The molecule has 6 nitrogen and oxygen atoms in total. The van der Waals surface area contributed by atoms with E-state index in [1.54, 1.807) is 19.4 Å². The Morgan fingerprint density at radius 3 is 2.90 bits per heavy atom. The molecule has 2 heterocycles. The highest BCUT2D eigenvalue weighted by Crippen LogP contribution is 2.16. The molecule has 0 aliphatic carbocycles. The first kappa shape index (κ1) is 14.0. The molecule has 2 aromatic heterocycles. The van der Waals surface area contributed by atoms with Gasteiger partial charge in [-0.2, -0.15) is 5.10 Å². The van der Waals surface area contributed by atoms with Crippen molar-refractivity contribution >= 4 is 11.6 Å². The molecule has 0 aliphatic heterocycles. The minimum Gasteiger partial charge on any atom is -0.395 e. The van der Waals surface area contributed by atoms with Gasteiger partial charge in [0.25, 0.3) is 5.91 Å². The fourth-order valence-electron chi connectivity index (χ4n) is 2.08. The molecule has 0 aromatic carbocycles. The molecule has 0 radical (unpaired) electrons. The van der Waals surface area contributed by atoms with Crippen LogP contribution in [0.3, 0.4) is 0 Å². The first-order valence-corrected chi connectivity index (χ1v) is 6.62. The summed E-state index contributed by atoms with van der Waals surface area (Å²) in [5.41, 5.74) is 8.67. The minimum absolute atomic E-state index is 0.193. The first-order valence-electron chi connectivity index (χ1n) is 6.62. The van der Waals surface area contributed by atoms with Crippen LogP contribution in [0.4, 0.5) is 5.69 Å². The van der Waals surface area contributed by atoms with E-state index in [2.05, 4.69) is 15.4 Å². The van der Waals surface area contributed by atoms with E-state index < -0.39 is 0 Å². The van der Waals surface area contributed by atoms with E-state index in [4.69, 9.17) is 5.73 Å². The molecule has 3 N–H and O–H groups in total. The summed E-state index contributed by atoms with van der Waals surface area (Å²) in [7, 11) is 1.73. The van der Waals surface area contributed by atoms with Gasteiger partial charge < -0.3 is 11.1 Å². The van der Waals surface area contributed by atoms with Crippen molar-refractivity contribution < 1.29 is 4.79 Å². The van der Waals surface area contributed by atoms with Crippen LogP contribution < -0.4 is 11.1 Å². The Morgan fingerprint density at radius 1 is 1.50 bits per heavy atom. The van der Waals surface area contributed by atoms with E-state index >= 15 is 0 Å². The summed E-state index contributed by atoms with van der Waals surface area (Å²) in [5.74, 6) is -0.193. The average Bonchev–Trinajstić information content (AvgIpc) is 2.74. The van der Waals surface area contributed by atoms with Crippen molar-refractivity contribution in [2.45, 2.75) is 19.8 Å². The fourth-order valence-corrected chi connectivity index (χ4v) is 2.08. The SMILES string of the molecule is CCc1nn(C)c(C(=O)NCCc2cccnc2)c1N. The van der Waals surface area contributed by atoms with E-state index in [0.717, 1.165) is 17.7 Å². The zero-order valence-corrected chi connectivity index (χ0v) is 11.8. The van der Waals surface area contributed by atoms with Crippen LogP contribution in [0.25, 0.3) is 0 Å². The van der Waals surface area contributed by atoms with Crippen molar-refractivity contribution in [2.75, 3.05) is 12.3 Å². The summed E-state index contributed by atoms with van der Waals surface area (Å²) in [6, 6.07) is 3.86. The fraction of sp³-hybridized carbons (Fsp3) is 0.357. The van der Waals surface area contributed by atoms with Gasteiger partial charge in [0.15, 0.2) is 0 Å². The molecule has 0 bridgehead atoms. The summed E-state index contributed by atoms with van der Waals surface area (Å²) in [5, 5.41) is 7.10. The van der Waals surface area contributed by atoms with Gasteiger partial charge >= 0.3 is 0 Å². The maximum Gasteiger partial charge on any atom is 0.271 e. The Morgan fingerprint density at radius 2 is 2.30 bits per heavy atom. The summed E-state index contributed by atoms with van der Waals surface area (Å²) < 4.78 is 1.54. The van der Waals surface area contributed by atoms with Gasteiger partial charge in [0.2, 0.25) is 0 Å². The van der Waals surface area contributed by atoms with Crippen molar-refractivity contribution in [3.05, 3.63) is 41.5 Å². The second-order valence-corrected chi connectivity index (χ2v) is 4.55. The summed E-state index contributed by atoms with van der Waals surface area (Å²) in [6.45, 7) is 2.50. The number of hydrogen-bond acceptors (Lipinski definition) is 4. The third-order valence-electron chi connectivity index (χ3n) is 3.13. The standard InChI is InChI=1S/C14H19N5O/c1-3-11-12(15)13(19(2)18-11)14(20)17-8-6-10-5-4-7-16-9-10/h4-5,7,9H,3,6,8,15H2,1-2H3,(H,17,20). The van der Waals surface area contributed by atoms with Crippen molar-refractivity contribution in [1.82, 2.24) is 20.1 Å². The lowest BCUT2D eigenvalue weighted by molar-refractivity contribution is 0.0945. The van der Waals surface area contributed by atoms with E-state index in [1.165, 1.54) is 4.68 Å². The van der Waals surface area contributed by atoms with E-state index in [0.29, 0.717) is 24.3 Å². The van der Waals surface area contributed by atoms with Gasteiger partial charge in [-0.3, -0.25) is 14.5 Å². The van der Waals surface area contributed by atoms with Crippen molar-refractivity contribution in [3.63, 3.8) is 0 Å². The molecule has 0 aliphatic rings. The number of aromatic nitrogens is 3. The predicted octanol–water partition coefficient (Wildman–Crippen LogP) is 0.932. The monoisotopic (exact) mass is 273 g/mol. The molecule has 0 atom stereocenters. The number of aryl methyl sites for hydroxylation is 2. The van der Waals surface area contributed by atoms with Crippen LogP contribution in [0.1, 0.15) is 28.7 Å². The highest BCUT2D eigenvalue weighted by Gasteiger charge is 2.18. The third-order valence-corrected chi connectivity index (χ3v) is 3.13. The maximum absolute atomic E-state index is 12.1. The molecule has 0 saturated heterocycles. The molecule has 0 saturated carbocycles. The maximum atomic E-state index is 12.1. The number of nitrogen functional groups attached to an aromatic ring is 1. The first-order chi connectivity index (χ1) is 9.63. The number of nitrogens with one attached hydrogen (secondary N) is 1. The van der Waals surface area contributed by atoms with Gasteiger partial charge in [-0.25, -0.2) is 0 Å². The molecule has 1 amide bonds. The molecular formula is C14H19N5O. The molecule has 0 fully saturated rings. The number of nitrogens with zero attached hydrogens (tertiary/aromatic N) is 3. The van der Waals surface area contributed by atoms with Crippen molar-refractivity contribution in [2.24, 2.45) is 7.05 Å². The van der Waals surface area contributed by atoms with Crippen LogP contribution in [-0.2, 0) is 19.9 Å². The van der Waals surface area contributed by atoms with Gasteiger partial charge in [-0.15, -0.1) is 0 Å². The van der Waals surface area contributed by atoms with E-state index in [9.17, 15) is 4.79 Å². The van der Waals surface area contributed by atoms with Gasteiger partial charge in [0.1, 0.15) is 5.69 Å². The van der Waals surface area contributed by atoms with Crippen LogP contribution in [-0.4, -0.2) is 27.2 Å². The van der Waals surface area contributed by atoms with Gasteiger partial charge in [-0.1, -0.05) is 13.0 Å². The van der Waals surface area contributed by atoms with E-state index in [1.807, 2.05) is 19.1 Å². The summed E-state index contributed by atoms with van der Waals surface area (Å²) in [6.07, 6.45) is 4.96. The number of rotatable bonds is 5. The van der Waals surface area contributed by atoms with Gasteiger partial charge in [0.05, 0.1) is 11.4 Å². The smallest absolute Gasteiger partial charge is 0.271 e. The third kappa shape index (κ3) is 2.96. The van der Waals surface area contributed by atoms with Gasteiger partial charge in [0, 0.05) is 26.0 Å². The zero-order chi connectivity index (χ0) is 14.5. The highest BCUT2D eigenvalue weighted by molar-refractivity contribution is 5.97. The van der Waals surface area contributed by atoms with Crippen molar-refractivity contribution in [1.29, 1.82) is 0 Å². The molecular weight excluding hydrogens is 254 g/mol. The second kappa shape index (κ2) is 6.18. The number of pyridine rings is 1. The highest BCUT2D eigenvalue weighted by atomic mass is 16.2. The number of anilines is 1. The normalized spacial score (nSPS) is 10.5. The molecule has 6 heteroatoms. The molecule has 2 rings (SSSR count). The predicted molar refractivity (Wildman–Crippen MR) is 77.3 cm³/mol. The molecule has 0 unspecified atom stereocenters. The summed E-state index contributed by atoms with van der Waals surface area (Å²) >= 11 is 0. The number of amides is 1. The van der Waals surface area contributed by atoms with Crippen LogP contribution in [0, 0.1) is 0 Å². The lowest BCUT2D eigenvalue weighted by Crippen LogP contribution is -2.28. The summed E-state index contributed by atoms with van der Waals surface area (Å²) in [4.78, 5) is 16.2. The van der Waals surface area contributed by atoms with E-state index in [-0.39, 0.29) is 5.91 Å². The Bertz CT molecular complexity index is 591. The number of carbonyl (C=O) groups excluding carboxylic acids is 1. The zero-order valence-electron chi connectivity index (χ0n) is 11.8. The van der Waals surface area contributed by atoms with Crippen LogP contribution >= 0.6 is 0 Å². The average molecular weight is 273 g/mol. The quantitative estimate of drug-likeness (QED) is 0.848. The number of carbonyl (C=O) groups is 1. The molecule has 2 aromatic rings. The number of hydrogen-bond donors (Lipinski definition) is 2. The van der Waals surface area contributed by atoms with Crippen LogP contribution in [0.2, 0.25) is 0 Å². The Labute approximate surface area is 118 Å². The topological polar surface area (TPSA) is 85.8 Å². The Hall–Kier alpha value is -2.37. The number of nitrogens with two attached hydrogens (primary N) is 1. The van der Waals surface area contributed by atoms with Crippen molar-refractivity contribution in [3.8, 4) is 0 Å². The molecule has 20 heavy (non-hydrogen) atoms. The lowest BCUT2D eigenvalue weighted by atomic mass is 10.2. The Balaban J connectivity index is 1.97. The largest absolute Gasteiger partial charge is 0.395 e. The van der Waals surface area contributed by atoms with Crippen LogP contribution in [0.15, 0.2) is 24.5 Å².